The Morgan fingerprint density at radius 1 is 0.882 bits per heavy atom. The van der Waals surface area contributed by atoms with Crippen molar-refractivity contribution in [3.8, 4) is 5.75 Å². The summed E-state index contributed by atoms with van der Waals surface area (Å²) in [6, 6.07) is 21.3. The fraction of sp³-hybridized carbons (Fsp3) is 0.148. The number of aliphatic hydroxyl groups excluding tert-OH is 1. The predicted molar refractivity (Wildman–Crippen MR) is 129 cm³/mol. The molecule has 2 amide bonds. The van der Waals surface area contributed by atoms with E-state index in [0.29, 0.717) is 28.1 Å². The van der Waals surface area contributed by atoms with Crippen molar-refractivity contribution in [2.24, 2.45) is 0 Å². The van der Waals surface area contributed by atoms with E-state index in [2.05, 4.69) is 0 Å². The maximum atomic E-state index is 13.2. The number of aliphatic hydroxyl groups is 1. The quantitative estimate of drug-likeness (QED) is 0.356. The Labute approximate surface area is 197 Å². The van der Waals surface area contributed by atoms with Crippen molar-refractivity contribution in [2.75, 3.05) is 26.1 Å². The van der Waals surface area contributed by atoms with Gasteiger partial charge in [0.05, 0.1) is 18.7 Å². The van der Waals surface area contributed by atoms with Gasteiger partial charge in [0.1, 0.15) is 11.5 Å². The topological polar surface area (TPSA) is 87.1 Å². The van der Waals surface area contributed by atoms with Gasteiger partial charge in [-0.25, -0.2) is 0 Å². The average molecular weight is 456 g/mol. The van der Waals surface area contributed by atoms with E-state index >= 15 is 0 Å². The molecule has 4 rings (SSSR count). The Morgan fingerprint density at radius 3 is 2.03 bits per heavy atom. The lowest BCUT2D eigenvalue weighted by Gasteiger charge is -2.25. The van der Waals surface area contributed by atoms with E-state index in [-0.39, 0.29) is 17.2 Å². The number of ether oxygens (including phenoxy) is 1. The van der Waals surface area contributed by atoms with Crippen LogP contribution in [-0.4, -0.2) is 48.8 Å². The van der Waals surface area contributed by atoms with Gasteiger partial charge in [-0.05, 0) is 54.1 Å². The van der Waals surface area contributed by atoms with Crippen LogP contribution in [0.15, 0.2) is 84.4 Å². The highest BCUT2D eigenvalue weighted by atomic mass is 16.5. The maximum Gasteiger partial charge on any atom is 0.300 e. The SMILES string of the molecule is COc1ccc(C(O)=C2C(=O)C(=O)N(c3ccc(C(=O)N(C)C)cc3)C2c2ccccc2)cc1. The van der Waals surface area contributed by atoms with Crippen LogP contribution >= 0.6 is 0 Å². The van der Waals surface area contributed by atoms with Crippen LogP contribution in [0.4, 0.5) is 5.69 Å². The van der Waals surface area contributed by atoms with Gasteiger partial charge in [-0.2, -0.15) is 0 Å². The minimum Gasteiger partial charge on any atom is -0.507 e. The molecule has 0 aromatic heterocycles. The zero-order valence-corrected chi connectivity index (χ0v) is 19.1. The zero-order valence-electron chi connectivity index (χ0n) is 19.1. The molecule has 1 N–H and O–H groups in total. The molecule has 1 aliphatic heterocycles. The third kappa shape index (κ3) is 4.03. The number of hydrogen-bond donors (Lipinski definition) is 1. The zero-order chi connectivity index (χ0) is 24.4. The predicted octanol–water partition coefficient (Wildman–Crippen LogP) is 4.02. The summed E-state index contributed by atoms with van der Waals surface area (Å²) in [5, 5.41) is 11.1. The van der Waals surface area contributed by atoms with Gasteiger partial charge in [-0.3, -0.25) is 19.3 Å². The molecule has 3 aromatic rings. The van der Waals surface area contributed by atoms with E-state index < -0.39 is 17.7 Å². The number of anilines is 1. The molecule has 0 bridgehead atoms. The van der Waals surface area contributed by atoms with E-state index in [1.54, 1.807) is 74.8 Å². The van der Waals surface area contributed by atoms with Gasteiger partial charge in [0.25, 0.3) is 17.6 Å². The van der Waals surface area contributed by atoms with Gasteiger partial charge < -0.3 is 14.7 Å². The van der Waals surface area contributed by atoms with Crippen LogP contribution in [0.25, 0.3) is 5.76 Å². The summed E-state index contributed by atoms with van der Waals surface area (Å²) in [6.07, 6.45) is 0. The number of rotatable bonds is 5. The first-order valence-electron chi connectivity index (χ1n) is 10.7. The summed E-state index contributed by atoms with van der Waals surface area (Å²) in [6.45, 7) is 0. The fourth-order valence-corrected chi connectivity index (χ4v) is 3.98. The van der Waals surface area contributed by atoms with Gasteiger partial charge in [0, 0.05) is 30.9 Å². The van der Waals surface area contributed by atoms with Crippen LogP contribution in [0.3, 0.4) is 0 Å². The molecular formula is C27H24N2O5. The molecule has 1 heterocycles. The molecular weight excluding hydrogens is 432 g/mol. The summed E-state index contributed by atoms with van der Waals surface area (Å²) in [5.41, 5.74) is 1.96. The lowest BCUT2D eigenvalue weighted by Crippen LogP contribution is -2.29. The molecule has 0 spiro atoms. The van der Waals surface area contributed by atoms with Crippen molar-refractivity contribution in [3.05, 3.63) is 101 Å². The monoisotopic (exact) mass is 456 g/mol. The van der Waals surface area contributed by atoms with Crippen molar-refractivity contribution < 1.29 is 24.2 Å². The summed E-state index contributed by atoms with van der Waals surface area (Å²) in [4.78, 5) is 41.5. The molecule has 7 heteroatoms. The van der Waals surface area contributed by atoms with E-state index in [0.717, 1.165) is 0 Å². The molecule has 1 unspecified atom stereocenters. The van der Waals surface area contributed by atoms with Gasteiger partial charge in [-0.15, -0.1) is 0 Å². The average Bonchev–Trinajstić information content (AvgIpc) is 3.14. The van der Waals surface area contributed by atoms with Crippen molar-refractivity contribution >= 4 is 29.0 Å². The Hall–Kier alpha value is -4.39. The number of carbonyl (C=O) groups is 3. The van der Waals surface area contributed by atoms with Gasteiger partial charge in [0.2, 0.25) is 0 Å². The Kier molecular flexibility index (Phi) is 6.19. The molecule has 0 radical (unpaired) electrons. The number of ketones is 1. The lowest BCUT2D eigenvalue weighted by molar-refractivity contribution is -0.132. The molecule has 172 valence electrons. The molecule has 1 saturated heterocycles. The first kappa shape index (κ1) is 22.8. The first-order chi connectivity index (χ1) is 16.3. The van der Waals surface area contributed by atoms with Gasteiger partial charge in [-0.1, -0.05) is 30.3 Å². The van der Waals surface area contributed by atoms with Crippen molar-refractivity contribution in [2.45, 2.75) is 6.04 Å². The molecule has 7 nitrogen and oxygen atoms in total. The van der Waals surface area contributed by atoms with Crippen LogP contribution in [0.5, 0.6) is 5.75 Å². The Morgan fingerprint density at radius 2 is 1.47 bits per heavy atom. The number of amides is 2. The Balaban J connectivity index is 1.84. The van der Waals surface area contributed by atoms with Gasteiger partial charge in [0.15, 0.2) is 0 Å². The largest absolute Gasteiger partial charge is 0.507 e. The normalized spacial score (nSPS) is 17.0. The molecule has 34 heavy (non-hydrogen) atoms. The summed E-state index contributed by atoms with van der Waals surface area (Å²) in [7, 11) is 4.85. The van der Waals surface area contributed by atoms with E-state index in [9.17, 15) is 19.5 Å². The number of carbonyl (C=O) groups excluding carboxylic acids is 3. The highest BCUT2D eigenvalue weighted by Gasteiger charge is 2.46. The molecule has 1 atom stereocenters. The van der Waals surface area contributed by atoms with Crippen molar-refractivity contribution in [1.29, 1.82) is 0 Å². The third-order valence-corrected chi connectivity index (χ3v) is 5.72. The molecule has 3 aromatic carbocycles. The van der Waals surface area contributed by atoms with E-state index in [1.807, 2.05) is 18.2 Å². The van der Waals surface area contributed by atoms with Crippen LogP contribution in [0.1, 0.15) is 27.5 Å². The van der Waals surface area contributed by atoms with Crippen LogP contribution in [-0.2, 0) is 9.59 Å². The lowest BCUT2D eigenvalue weighted by atomic mass is 9.95. The summed E-state index contributed by atoms with van der Waals surface area (Å²) < 4.78 is 5.17. The number of nitrogens with zero attached hydrogens (tertiary/aromatic N) is 2. The molecule has 1 aliphatic rings. The standard InChI is InChI=1S/C27H24N2O5/c1-28(2)26(32)19-9-13-20(14-10-19)29-23(17-7-5-4-6-8-17)22(25(31)27(29)33)24(30)18-11-15-21(34-3)16-12-18/h4-16,23,30H,1-3H3. The number of Topliss-reactive ketones (excluding diaryl/α,β-unsaturated/α-hetero) is 1. The number of methoxy groups -OCH3 is 1. The highest BCUT2D eigenvalue weighted by molar-refractivity contribution is 6.51. The third-order valence-electron chi connectivity index (χ3n) is 5.72. The van der Waals surface area contributed by atoms with Crippen LogP contribution < -0.4 is 9.64 Å². The fourth-order valence-electron chi connectivity index (χ4n) is 3.98. The van der Waals surface area contributed by atoms with Crippen LogP contribution in [0.2, 0.25) is 0 Å². The minimum atomic E-state index is -0.835. The second-order valence-corrected chi connectivity index (χ2v) is 8.05. The number of benzene rings is 3. The molecule has 1 fully saturated rings. The summed E-state index contributed by atoms with van der Waals surface area (Å²) in [5.74, 6) is -1.38. The molecule has 0 aliphatic carbocycles. The van der Waals surface area contributed by atoms with Crippen molar-refractivity contribution in [1.82, 2.24) is 4.90 Å². The van der Waals surface area contributed by atoms with E-state index in [1.165, 1.54) is 16.9 Å². The van der Waals surface area contributed by atoms with Crippen LogP contribution in [0, 0.1) is 0 Å². The van der Waals surface area contributed by atoms with Crippen molar-refractivity contribution in [3.63, 3.8) is 0 Å². The van der Waals surface area contributed by atoms with E-state index in [4.69, 9.17) is 4.74 Å². The maximum absolute atomic E-state index is 13.2. The number of hydrogen-bond acceptors (Lipinski definition) is 5. The second-order valence-electron chi connectivity index (χ2n) is 8.05. The smallest absolute Gasteiger partial charge is 0.300 e. The summed E-state index contributed by atoms with van der Waals surface area (Å²) >= 11 is 0. The minimum absolute atomic E-state index is 0.00480. The highest BCUT2D eigenvalue weighted by Crippen LogP contribution is 2.42. The Bertz CT molecular complexity index is 1260. The van der Waals surface area contributed by atoms with Gasteiger partial charge >= 0.3 is 0 Å². The second kappa shape index (κ2) is 9.23. The molecule has 0 saturated carbocycles. The first-order valence-corrected chi connectivity index (χ1v) is 10.7.